The number of ether oxygens (including phenoxy) is 1. The number of amides is 1. The molecule has 8 heteroatoms. The summed E-state index contributed by atoms with van der Waals surface area (Å²) in [7, 11) is 1.30. The summed E-state index contributed by atoms with van der Waals surface area (Å²) >= 11 is 1.58. The lowest BCUT2D eigenvalue weighted by Gasteiger charge is -2.17. The normalized spacial score (nSPS) is 11.1. The average Bonchev–Trinajstić information content (AvgIpc) is 3.40. The molecule has 7 nitrogen and oxygen atoms in total. The van der Waals surface area contributed by atoms with Gasteiger partial charge in [-0.05, 0) is 53.7 Å². The molecule has 1 atom stereocenters. The average molecular weight is 462 g/mol. The third kappa shape index (κ3) is 6.34. The summed E-state index contributed by atoms with van der Waals surface area (Å²) < 4.78 is 4.84. The zero-order valence-corrected chi connectivity index (χ0v) is 19.1. The summed E-state index contributed by atoms with van der Waals surface area (Å²) in [5, 5.41) is 2.79. The van der Waals surface area contributed by atoms with Crippen LogP contribution in [0, 0.1) is 11.8 Å². The van der Waals surface area contributed by atoms with Crippen LogP contribution in [0.25, 0.3) is 11.1 Å². The largest absolute Gasteiger partial charge is 0.467 e. The molecule has 0 fully saturated rings. The topological polar surface area (TPSA) is 101 Å². The number of rotatable bonds is 8. The Morgan fingerprint density at radius 3 is 2.64 bits per heavy atom. The van der Waals surface area contributed by atoms with Gasteiger partial charge in [-0.3, -0.25) is 9.59 Å². The lowest BCUT2D eigenvalue weighted by atomic mass is 9.96. The minimum atomic E-state index is -0.746. The molecule has 168 valence electrons. The second-order valence-electron chi connectivity index (χ2n) is 6.99. The smallest absolute Gasteiger partial charge is 0.328 e. The van der Waals surface area contributed by atoms with Crippen molar-refractivity contribution in [2.45, 2.75) is 12.5 Å². The number of carbonyl (C=O) groups is 3. The number of nitrogens with one attached hydrogen (secondary N) is 2. The highest BCUT2D eigenvalue weighted by molar-refractivity contribution is 7.98. The predicted molar refractivity (Wildman–Crippen MR) is 128 cm³/mol. The van der Waals surface area contributed by atoms with Crippen LogP contribution in [0.15, 0.2) is 61.1 Å². The van der Waals surface area contributed by atoms with Crippen molar-refractivity contribution in [1.82, 2.24) is 15.3 Å². The van der Waals surface area contributed by atoms with Gasteiger partial charge in [0.05, 0.1) is 13.4 Å². The molecule has 0 saturated carbocycles. The third-order valence-corrected chi connectivity index (χ3v) is 5.45. The molecule has 3 rings (SSSR count). The van der Waals surface area contributed by atoms with Gasteiger partial charge in [0.25, 0.3) is 11.7 Å². The fourth-order valence-electron chi connectivity index (χ4n) is 3.12. The molecule has 0 saturated heterocycles. The third-order valence-electron chi connectivity index (χ3n) is 4.80. The number of nitrogens with zero attached hydrogens (tertiary/aromatic N) is 1. The number of imidazole rings is 1. The van der Waals surface area contributed by atoms with E-state index in [1.165, 1.54) is 19.6 Å². The number of hydrogen-bond donors (Lipinski definition) is 2. The number of aromatic nitrogens is 2. The molecule has 3 aromatic rings. The standard InChI is InChI=1S/C25H23N3O4S/c1-32-25(31)21(12-13-33-2)28-24(30)19-10-8-17(9-11-23(29)22-15-26-16-27-22)14-20(19)18-6-4-3-5-7-18/h3-8,10,14-16,21H,12-13H2,1-2H3,(H,26,27)(H,28,30)/t21-/m0/s1. The number of benzene rings is 2. The van der Waals surface area contributed by atoms with Gasteiger partial charge in [0, 0.05) is 17.3 Å². The van der Waals surface area contributed by atoms with E-state index in [0.29, 0.717) is 28.9 Å². The van der Waals surface area contributed by atoms with E-state index in [4.69, 9.17) is 4.74 Å². The first-order valence-corrected chi connectivity index (χ1v) is 11.5. The fourth-order valence-corrected chi connectivity index (χ4v) is 3.59. The van der Waals surface area contributed by atoms with Crippen molar-refractivity contribution in [1.29, 1.82) is 0 Å². The van der Waals surface area contributed by atoms with Crippen molar-refractivity contribution < 1.29 is 19.1 Å². The molecule has 0 radical (unpaired) electrons. The minimum absolute atomic E-state index is 0.237. The van der Waals surface area contributed by atoms with Crippen molar-refractivity contribution in [3.8, 4) is 23.0 Å². The number of thioether (sulfide) groups is 1. The van der Waals surface area contributed by atoms with Crippen LogP contribution in [0.5, 0.6) is 0 Å². The van der Waals surface area contributed by atoms with Gasteiger partial charge in [-0.2, -0.15) is 11.8 Å². The highest BCUT2D eigenvalue weighted by Crippen LogP contribution is 2.25. The van der Waals surface area contributed by atoms with Gasteiger partial charge in [-0.1, -0.05) is 36.3 Å². The van der Waals surface area contributed by atoms with Gasteiger partial charge in [0.15, 0.2) is 0 Å². The van der Waals surface area contributed by atoms with Crippen LogP contribution >= 0.6 is 11.8 Å². The molecule has 0 aliphatic heterocycles. The lowest BCUT2D eigenvalue weighted by molar-refractivity contribution is -0.142. The van der Waals surface area contributed by atoms with E-state index in [1.54, 1.807) is 30.0 Å². The molecule has 1 heterocycles. The Kier molecular flexibility index (Phi) is 8.44. The monoisotopic (exact) mass is 461 g/mol. The molecule has 1 aromatic heterocycles. The summed E-state index contributed by atoms with van der Waals surface area (Å²) in [5.41, 5.74) is 2.65. The number of aromatic amines is 1. The maximum Gasteiger partial charge on any atom is 0.328 e. The van der Waals surface area contributed by atoms with E-state index in [1.807, 2.05) is 36.6 Å². The van der Waals surface area contributed by atoms with Crippen molar-refractivity contribution >= 4 is 29.4 Å². The second kappa shape index (κ2) is 11.7. The van der Waals surface area contributed by atoms with Crippen molar-refractivity contribution in [3.63, 3.8) is 0 Å². The summed E-state index contributed by atoms with van der Waals surface area (Å²) in [6, 6.07) is 13.7. The van der Waals surface area contributed by atoms with Crippen molar-refractivity contribution in [3.05, 3.63) is 77.9 Å². The first-order valence-electron chi connectivity index (χ1n) is 10.2. The molecular formula is C25H23N3O4S. The Bertz CT molecular complexity index is 1180. The molecule has 33 heavy (non-hydrogen) atoms. The summed E-state index contributed by atoms with van der Waals surface area (Å²) in [6.07, 6.45) is 5.28. The summed E-state index contributed by atoms with van der Waals surface area (Å²) in [4.78, 5) is 44.0. The quantitative estimate of drug-likeness (QED) is 0.303. The molecule has 0 spiro atoms. The lowest BCUT2D eigenvalue weighted by Crippen LogP contribution is -2.42. The van der Waals surface area contributed by atoms with Crippen molar-refractivity contribution in [2.24, 2.45) is 0 Å². The van der Waals surface area contributed by atoms with Gasteiger partial charge in [-0.15, -0.1) is 0 Å². The first kappa shape index (κ1) is 23.8. The van der Waals surface area contributed by atoms with E-state index >= 15 is 0 Å². The van der Waals surface area contributed by atoms with Gasteiger partial charge in [0.1, 0.15) is 11.7 Å². The van der Waals surface area contributed by atoms with Crippen LogP contribution in [0.2, 0.25) is 0 Å². The van der Waals surface area contributed by atoms with E-state index in [9.17, 15) is 14.4 Å². The minimum Gasteiger partial charge on any atom is -0.467 e. The van der Waals surface area contributed by atoms with E-state index in [2.05, 4.69) is 27.1 Å². The highest BCUT2D eigenvalue weighted by atomic mass is 32.2. The Morgan fingerprint density at radius 1 is 1.18 bits per heavy atom. The fraction of sp³-hybridized carbons (Fsp3) is 0.200. The Balaban J connectivity index is 1.93. The SMILES string of the molecule is COC(=O)[C@H](CCSC)NC(=O)c1ccc(C#CC(=O)c2c[nH]cn2)cc1-c1ccccc1. The molecule has 2 aromatic carbocycles. The van der Waals surface area contributed by atoms with Gasteiger partial charge in [0.2, 0.25) is 0 Å². The molecule has 0 aliphatic rings. The maximum absolute atomic E-state index is 13.1. The molecule has 0 aliphatic carbocycles. The second-order valence-corrected chi connectivity index (χ2v) is 7.98. The summed E-state index contributed by atoms with van der Waals surface area (Å²) in [5.74, 6) is 4.83. The number of Topliss-reactive ketones (excluding diaryl/α,β-unsaturated/α-hetero) is 1. The van der Waals surface area contributed by atoms with Crippen molar-refractivity contribution in [2.75, 3.05) is 19.1 Å². The number of hydrogen-bond acceptors (Lipinski definition) is 6. The maximum atomic E-state index is 13.1. The molecule has 2 N–H and O–H groups in total. The van der Waals surface area contributed by atoms with Crippen LogP contribution in [0.4, 0.5) is 0 Å². The number of methoxy groups -OCH3 is 1. The summed E-state index contributed by atoms with van der Waals surface area (Å²) in [6.45, 7) is 0. The molecule has 0 bridgehead atoms. The number of carbonyl (C=O) groups excluding carboxylic acids is 3. The highest BCUT2D eigenvalue weighted by Gasteiger charge is 2.23. The molecule has 1 amide bonds. The zero-order chi connectivity index (χ0) is 23.6. The molecular weight excluding hydrogens is 438 g/mol. The number of esters is 1. The first-order chi connectivity index (χ1) is 16.0. The Morgan fingerprint density at radius 2 is 1.97 bits per heavy atom. The van der Waals surface area contributed by atoms with Gasteiger partial charge >= 0.3 is 5.97 Å². The predicted octanol–water partition coefficient (Wildman–Crippen LogP) is 3.34. The number of H-pyrrole nitrogens is 1. The number of ketones is 1. The van der Waals surface area contributed by atoms with Crippen LogP contribution in [0.1, 0.15) is 32.8 Å². The zero-order valence-electron chi connectivity index (χ0n) is 18.3. The van der Waals surface area contributed by atoms with Gasteiger partial charge < -0.3 is 15.0 Å². The van der Waals surface area contributed by atoms with E-state index < -0.39 is 23.7 Å². The Hall–Kier alpha value is -3.83. The van der Waals surface area contributed by atoms with E-state index in [-0.39, 0.29) is 5.69 Å². The van der Waals surface area contributed by atoms with Crippen LogP contribution < -0.4 is 5.32 Å². The van der Waals surface area contributed by atoms with E-state index in [0.717, 1.165) is 5.56 Å². The van der Waals surface area contributed by atoms with Crippen LogP contribution in [-0.4, -0.2) is 52.8 Å². The van der Waals surface area contributed by atoms with Gasteiger partial charge in [-0.25, -0.2) is 9.78 Å². The van der Waals surface area contributed by atoms with Crippen LogP contribution in [0.3, 0.4) is 0 Å². The molecule has 0 unspecified atom stereocenters. The Labute approximate surface area is 196 Å². The van der Waals surface area contributed by atoms with Crippen LogP contribution in [-0.2, 0) is 9.53 Å².